The lowest BCUT2D eigenvalue weighted by molar-refractivity contribution is -0.119. The smallest absolute Gasteiger partial charge is 0.257 e. The van der Waals surface area contributed by atoms with Gasteiger partial charge in [-0.25, -0.2) is 0 Å². The predicted octanol–water partition coefficient (Wildman–Crippen LogP) is 4.79. The molecule has 2 heterocycles. The second-order valence-electron chi connectivity index (χ2n) is 9.07. The van der Waals surface area contributed by atoms with Crippen LogP contribution in [0.3, 0.4) is 0 Å². The van der Waals surface area contributed by atoms with Gasteiger partial charge in [-0.15, -0.1) is 0 Å². The Bertz CT molecular complexity index is 1180. The van der Waals surface area contributed by atoms with Crippen LogP contribution in [0.2, 0.25) is 5.02 Å². The maximum Gasteiger partial charge on any atom is 0.257 e. The number of halogens is 1. The normalized spacial score (nSPS) is 21.8. The molecule has 33 heavy (non-hydrogen) atoms. The van der Waals surface area contributed by atoms with E-state index in [1.54, 1.807) is 19.2 Å². The van der Waals surface area contributed by atoms with Gasteiger partial charge in [0.1, 0.15) is 17.9 Å². The summed E-state index contributed by atoms with van der Waals surface area (Å²) in [5.41, 5.74) is 4.14. The highest BCUT2D eigenvalue weighted by Gasteiger charge is 2.49. The second kappa shape index (κ2) is 8.63. The van der Waals surface area contributed by atoms with Crippen LogP contribution in [-0.4, -0.2) is 28.0 Å². The molecule has 4 atom stereocenters. The van der Waals surface area contributed by atoms with E-state index in [9.17, 15) is 9.59 Å². The van der Waals surface area contributed by atoms with Crippen molar-refractivity contribution in [1.82, 2.24) is 15.5 Å². The van der Waals surface area contributed by atoms with Crippen LogP contribution < -0.4 is 10.6 Å². The molecule has 2 aliphatic carbocycles. The van der Waals surface area contributed by atoms with E-state index in [0.717, 1.165) is 29.7 Å². The standard InChI is InChI=1S/C25H25ClN4O3/c1-13-20(12-33-30-13)24(31)29-23(18-10-16-9-17(16)11-18)25(32)28-19-5-3-15(4-6-19)22-14(2)27-8-7-21(22)26/h3-8,12,16-18,23H,9-11H2,1-2H3,(H,28,32)(H,29,31)/t16-,17+,18?,23-/m1/s1. The van der Waals surface area contributed by atoms with Gasteiger partial charge in [0.25, 0.3) is 5.91 Å². The number of rotatable bonds is 6. The molecular formula is C25H25ClN4O3. The molecule has 2 aromatic heterocycles. The van der Waals surface area contributed by atoms with Crippen molar-refractivity contribution in [2.75, 3.05) is 5.32 Å². The Kier molecular flexibility index (Phi) is 5.66. The number of hydrogen-bond acceptors (Lipinski definition) is 5. The van der Waals surface area contributed by atoms with E-state index in [1.165, 1.54) is 12.7 Å². The topological polar surface area (TPSA) is 97.1 Å². The molecule has 2 fully saturated rings. The van der Waals surface area contributed by atoms with Crippen molar-refractivity contribution in [1.29, 1.82) is 0 Å². The predicted molar refractivity (Wildman–Crippen MR) is 125 cm³/mol. The van der Waals surface area contributed by atoms with Gasteiger partial charge < -0.3 is 15.2 Å². The van der Waals surface area contributed by atoms with Gasteiger partial charge in [0.05, 0.1) is 10.7 Å². The number of nitrogens with zero attached hydrogens (tertiary/aromatic N) is 2. The monoisotopic (exact) mass is 464 g/mol. The summed E-state index contributed by atoms with van der Waals surface area (Å²) in [6, 6.07) is 8.63. The molecular weight excluding hydrogens is 440 g/mol. The van der Waals surface area contributed by atoms with Crippen LogP contribution >= 0.6 is 11.6 Å². The van der Waals surface area contributed by atoms with E-state index in [0.29, 0.717) is 33.8 Å². The van der Waals surface area contributed by atoms with Crippen molar-refractivity contribution in [3.63, 3.8) is 0 Å². The first-order valence-electron chi connectivity index (χ1n) is 11.1. The van der Waals surface area contributed by atoms with Gasteiger partial charge in [-0.1, -0.05) is 28.9 Å². The zero-order chi connectivity index (χ0) is 23.1. The lowest BCUT2D eigenvalue weighted by Gasteiger charge is -2.25. The molecule has 8 heteroatoms. The van der Waals surface area contributed by atoms with E-state index in [4.69, 9.17) is 16.1 Å². The number of anilines is 1. The van der Waals surface area contributed by atoms with E-state index in [-0.39, 0.29) is 17.7 Å². The summed E-state index contributed by atoms with van der Waals surface area (Å²) in [5, 5.41) is 10.3. The van der Waals surface area contributed by atoms with E-state index < -0.39 is 6.04 Å². The highest BCUT2D eigenvalue weighted by molar-refractivity contribution is 6.33. The molecule has 170 valence electrons. The van der Waals surface area contributed by atoms with Crippen LogP contribution in [0.15, 0.2) is 47.3 Å². The summed E-state index contributed by atoms with van der Waals surface area (Å²) in [6.45, 7) is 3.61. The maximum atomic E-state index is 13.3. The maximum absolute atomic E-state index is 13.3. The minimum absolute atomic E-state index is 0.119. The molecule has 0 aliphatic heterocycles. The fourth-order valence-electron chi connectivity index (χ4n) is 4.98. The SMILES string of the molecule is Cc1nocc1C(=O)N[C@@H](C(=O)Nc1ccc(-c2c(Cl)ccnc2C)cc1)C1C[C@@H]2C[C@@H]2C1. The van der Waals surface area contributed by atoms with Crippen LogP contribution in [0.1, 0.15) is 41.0 Å². The van der Waals surface area contributed by atoms with Gasteiger partial charge in [-0.2, -0.15) is 0 Å². The number of nitrogens with one attached hydrogen (secondary N) is 2. The average molecular weight is 465 g/mol. The number of hydrogen-bond donors (Lipinski definition) is 2. The Morgan fingerprint density at radius 3 is 2.42 bits per heavy atom. The fourth-order valence-corrected chi connectivity index (χ4v) is 5.29. The summed E-state index contributed by atoms with van der Waals surface area (Å²) in [4.78, 5) is 30.4. The minimum atomic E-state index is -0.616. The summed E-state index contributed by atoms with van der Waals surface area (Å²) in [5.74, 6) is 0.935. The molecule has 0 radical (unpaired) electrons. The van der Waals surface area contributed by atoms with E-state index >= 15 is 0 Å². The van der Waals surface area contributed by atoms with E-state index in [2.05, 4.69) is 20.8 Å². The molecule has 0 saturated heterocycles. The number of benzene rings is 1. The first kappa shape index (κ1) is 21.6. The third-order valence-electron chi connectivity index (χ3n) is 6.85. The molecule has 2 N–H and O–H groups in total. The number of amides is 2. The summed E-state index contributed by atoms with van der Waals surface area (Å²) >= 11 is 6.36. The number of pyridine rings is 1. The molecule has 3 aromatic rings. The number of fused-ring (bicyclic) bond motifs is 1. The largest absolute Gasteiger partial charge is 0.364 e. The Labute approximate surface area is 196 Å². The number of carbonyl (C=O) groups is 2. The second-order valence-corrected chi connectivity index (χ2v) is 9.48. The Morgan fingerprint density at radius 1 is 1.06 bits per heavy atom. The van der Waals surface area contributed by atoms with Crippen LogP contribution in [-0.2, 0) is 4.79 Å². The molecule has 1 unspecified atom stereocenters. The van der Waals surface area contributed by atoms with Crippen LogP contribution in [0.5, 0.6) is 0 Å². The van der Waals surface area contributed by atoms with Crippen molar-refractivity contribution in [3.8, 4) is 11.1 Å². The van der Waals surface area contributed by atoms with Gasteiger partial charge in [0.2, 0.25) is 5.91 Å². The van der Waals surface area contributed by atoms with Crippen molar-refractivity contribution in [2.24, 2.45) is 17.8 Å². The average Bonchev–Trinajstić information content (AvgIpc) is 3.16. The molecule has 0 spiro atoms. The van der Waals surface area contributed by atoms with Gasteiger partial charge in [-0.3, -0.25) is 14.6 Å². The molecule has 5 rings (SSSR count). The minimum Gasteiger partial charge on any atom is -0.364 e. The fraction of sp³-hybridized carbons (Fsp3) is 0.360. The van der Waals surface area contributed by atoms with Gasteiger partial charge >= 0.3 is 0 Å². The molecule has 1 aromatic carbocycles. The van der Waals surface area contributed by atoms with Gasteiger partial charge in [0.15, 0.2) is 0 Å². The first-order chi connectivity index (χ1) is 15.9. The third kappa shape index (κ3) is 4.37. The van der Waals surface area contributed by atoms with Crippen molar-refractivity contribution >= 4 is 29.1 Å². The molecule has 2 aliphatic rings. The van der Waals surface area contributed by atoms with Crippen molar-refractivity contribution in [2.45, 2.75) is 39.2 Å². The zero-order valence-electron chi connectivity index (χ0n) is 18.5. The Morgan fingerprint density at radius 2 is 1.79 bits per heavy atom. The quantitative estimate of drug-likeness (QED) is 0.546. The molecule has 7 nitrogen and oxygen atoms in total. The first-order valence-corrected chi connectivity index (χ1v) is 11.5. The van der Waals surface area contributed by atoms with E-state index in [1.807, 2.05) is 31.2 Å². The van der Waals surface area contributed by atoms with Crippen molar-refractivity contribution < 1.29 is 14.1 Å². The number of carbonyl (C=O) groups excluding carboxylic acids is 2. The number of aromatic nitrogens is 2. The number of aryl methyl sites for hydroxylation is 2. The summed E-state index contributed by atoms with van der Waals surface area (Å²) in [6.07, 6.45) is 6.16. The lowest BCUT2D eigenvalue weighted by Crippen LogP contribution is -2.48. The summed E-state index contributed by atoms with van der Waals surface area (Å²) in [7, 11) is 0. The van der Waals surface area contributed by atoms with Gasteiger partial charge in [0, 0.05) is 23.1 Å². The Hall–Kier alpha value is -3.19. The summed E-state index contributed by atoms with van der Waals surface area (Å²) < 4.78 is 4.89. The highest BCUT2D eigenvalue weighted by Crippen LogP contribution is 2.55. The molecule has 2 amide bonds. The van der Waals surface area contributed by atoms with Crippen LogP contribution in [0, 0.1) is 31.6 Å². The lowest BCUT2D eigenvalue weighted by atomic mass is 9.93. The van der Waals surface area contributed by atoms with Crippen molar-refractivity contribution in [3.05, 3.63) is 64.8 Å². The molecule has 2 saturated carbocycles. The van der Waals surface area contributed by atoms with Gasteiger partial charge in [-0.05, 0) is 74.6 Å². The Balaban J connectivity index is 1.33. The molecule has 0 bridgehead atoms. The third-order valence-corrected chi connectivity index (χ3v) is 7.16. The highest BCUT2D eigenvalue weighted by atomic mass is 35.5. The van der Waals surface area contributed by atoms with Crippen LogP contribution in [0.25, 0.3) is 11.1 Å². The van der Waals surface area contributed by atoms with Crippen LogP contribution in [0.4, 0.5) is 5.69 Å². The zero-order valence-corrected chi connectivity index (χ0v) is 19.2.